The van der Waals surface area contributed by atoms with Gasteiger partial charge in [0.2, 0.25) is 0 Å². The fourth-order valence-electron chi connectivity index (χ4n) is 2.93. The van der Waals surface area contributed by atoms with Crippen LogP contribution >= 0.6 is 11.3 Å². The number of aryl methyl sites for hydroxylation is 1. The lowest BCUT2D eigenvalue weighted by atomic mass is 9.77. The Morgan fingerprint density at radius 3 is 2.88 bits per heavy atom. The Morgan fingerprint density at radius 1 is 1.62 bits per heavy atom. The average molecular weight is 239 g/mol. The molecule has 1 aliphatic rings. The first-order valence-electron chi connectivity index (χ1n) is 6.08. The molecule has 3 heteroatoms. The molecule has 0 bridgehead atoms. The highest BCUT2D eigenvalue weighted by Crippen LogP contribution is 2.44. The van der Waals surface area contributed by atoms with Crippen LogP contribution in [0.4, 0.5) is 0 Å². The Bertz CT molecular complexity index is 359. The third kappa shape index (κ3) is 2.46. The Balaban J connectivity index is 2.00. The van der Waals surface area contributed by atoms with E-state index in [0.717, 1.165) is 23.5 Å². The normalized spacial score (nSPS) is 25.9. The van der Waals surface area contributed by atoms with E-state index in [4.69, 9.17) is 0 Å². The summed E-state index contributed by atoms with van der Waals surface area (Å²) in [6.07, 6.45) is 4.16. The summed E-state index contributed by atoms with van der Waals surface area (Å²) >= 11 is 1.67. The summed E-state index contributed by atoms with van der Waals surface area (Å²) in [4.78, 5) is 4.43. The molecule has 0 saturated heterocycles. The molecular weight excluding hydrogens is 218 g/mol. The van der Waals surface area contributed by atoms with E-state index in [-0.39, 0.29) is 6.10 Å². The highest BCUT2D eigenvalue weighted by Gasteiger charge is 2.38. The summed E-state index contributed by atoms with van der Waals surface area (Å²) in [5.74, 6) is 0.439. The van der Waals surface area contributed by atoms with Crippen molar-refractivity contribution < 1.29 is 5.11 Å². The molecule has 16 heavy (non-hydrogen) atoms. The molecule has 0 aliphatic heterocycles. The van der Waals surface area contributed by atoms with Crippen LogP contribution in [0.5, 0.6) is 0 Å². The predicted octanol–water partition coefficient (Wildman–Crippen LogP) is 3.18. The molecule has 1 saturated carbocycles. The third-order valence-electron chi connectivity index (χ3n) is 3.89. The molecular formula is C13H21NOS. The topological polar surface area (TPSA) is 33.1 Å². The number of aromatic nitrogens is 1. The predicted molar refractivity (Wildman–Crippen MR) is 67.7 cm³/mol. The van der Waals surface area contributed by atoms with Crippen molar-refractivity contribution in [2.75, 3.05) is 0 Å². The van der Waals surface area contributed by atoms with Gasteiger partial charge in [-0.1, -0.05) is 20.3 Å². The Morgan fingerprint density at radius 2 is 2.38 bits per heavy atom. The van der Waals surface area contributed by atoms with Gasteiger partial charge in [-0.05, 0) is 31.1 Å². The van der Waals surface area contributed by atoms with E-state index in [9.17, 15) is 5.11 Å². The second kappa shape index (κ2) is 4.46. The molecule has 2 atom stereocenters. The van der Waals surface area contributed by atoms with Gasteiger partial charge in [0, 0.05) is 11.8 Å². The van der Waals surface area contributed by atoms with E-state index in [1.165, 1.54) is 12.8 Å². The SMILES string of the molecule is Cc1nc(CC(O)C2CCCC2(C)C)cs1. The first-order valence-corrected chi connectivity index (χ1v) is 6.96. The maximum atomic E-state index is 10.3. The molecule has 1 aliphatic carbocycles. The molecule has 90 valence electrons. The molecule has 1 aromatic rings. The van der Waals surface area contributed by atoms with Gasteiger partial charge < -0.3 is 5.11 Å². The smallest absolute Gasteiger partial charge is 0.0897 e. The molecule has 2 rings (SSSR count). The summed E-state index contributed by atoms with van der Waals surface area (Å²) < 4.78 is 0. The van der Waals surface area contributed by atoms with Crippen LogP contribution in [0.2, 0.25) is 0 Å². The molecule has 2 nitrogen and oxygen atoms in total. The fourth-order valence-corrected chi connectivity index (χ4v) is 3.55. The van der Waals surface area contributed by atoms with Crippen molar-refractivity contribution >= 4 is 11.3 Å². The van der Waals surface area contributed by atoms with Crippen molar-refractivity contribution in [1.82, 2.24) is 4.98 Å². The second-order valence-electron chi connectivity index (χ2n) is 5.62. The maximum Gasteiger partial charge on any atom is 0.0897 e. The zero-order valence-electron chi connectivity index (χ0n) is 10.4. The lowest BCUT2D eigenvalue weighted by molar-refractivity contribution is 0.0537. The van der Waals surface area contributed by atoms with Gasteiger partial charge in [0.1, 0.15) is 0 Å². The minimum atomic E-state index is -0.223. The van der Waals surface area contributed by atoms with Gasteiger partial charge in [-0.15, -0.1) is 11.3 Å². The van der Waals surface area contributed by atoms with Gasteiger partial charge >= 0.3 is 0 Å². The number of thiazole rings is 1. The van der Waals surface area contributed by atoms with Crippen LogP contribution in [0.3, 0.4) is 0 Å². The molecule has 1 heterocycles. The van der Waals surface area contributed by atoms with Crippen LogP contribution in [0.1, 0.15) is 43.8 Å². The number of hydrogen-bond acceptors (Lipinski definition) is 3. The van der Waals surface area contributed by atoms with Gasteiger partial charge in [0.05, 0.1) is 16.8 Å². The lowest BCUT2D eigenvalue weighted by Crippen LogP contribution is -2.31. The Hall–Kier alpha value is -0.410. The summed E-state index contributed by atoms with van der Waals surface area (Å²) in [6.45, 7) is 6.57. The first-order chi connectivity index (χ1) is 7.49. The standard InChI is InChI=1S/C13H21NOS/c1-9-14-10(8-16-9)7-12(15)11-5-4-6-13(11,2)3/h8,11-12,15H,4-7H2,1-3H3. The van der Waals surface area contributed by atoms with Crippen LogP contribution in [0, 0.1) is 18.3 Å². The third-order valence-corrected chi connectivity index (χ3v) is 4.71. The van der Waals surface area contributed by atoms with Gasteiger partial charge in [-0.3, -0.25) is 0 Å². The molecule has 2 unspecified atom stereocenters. The lowest BCUT2D eigenvalue weighted by Gasteiger charge is -2.30. The zero-order chi connectivity index (χ0) is 11.8. The van der Waals surface area contributed by atoms with Crippen molar-refractivity contribution in [3.05, 3.63) is 16.1 Å². The van der Waals surface area contributed by atoms with E-state index in [1.807, 2.05) is 6.92 Å². The highest BCUT2D eigenvalue weighted by atomic mass is 32.1. The van der Waals surface area contributed by atoms with E-state index < -0.39 is 0 Å². The van der Waals surface area contributed by atoms with Gasteiger partial charge in [-0.25, -0.2) is 4.98 Å². The van der Waals surface area contributed by atoms with Crippen LogP contribution < -0.4 is 0 Å². The number of aliphatic hydroxyl groups excluding tert-OH is 1. The first kappa shape index (κ1) is 12.1. The van der Waals surface area contributed by atoms with Crippen LogP contribution in [0.25, 0.3) is 0 Å². The van der Waals surface area contributed by atoms with Crippen molar-refractivity contribution in [1.29, 1.82) is 0 Å². The average Bonchev–Trinajstić information content (AvgIpc) is 2.72. The Kier molecular flexibility index (Phi) is 3.36. The van der Waals surface area contributed by atoms with E-state index in [2.05, 4.69) is 24.2 Å². The van der Waals surface area contributed by atoms with Gasteiger partial charge in [-0.2, -0.15) is 0 Å². The second-order valence-corrected chi connectivity index (χ2v) is 6.68. The zero-order valence-corrected chi connectivity index (χ0v) is 11.2. The van der Waals surface area contributed by atoms with Crippen LogP contribution in [0.15, 0.2) is 5.38 Å². The van der Waals surface area contributed by atoms with Gasteiger partial charge in [0.25, 0.3) is 0 Å². The largest absolute Gasteiger partial charge is 0.392 e. The van der Waals surface area contributed by atoms with E-state index >= 15 is 0 Å². The summed E-state index contributed by atoms with van der Waals surface area (Å²) in [6, 6.07) is 0. The molecule has 1 N–H and O–H groups in total. The summed E-state index contributed by atoms with van der Waals surface area (Å²) in [5.41, 5.74) is 1.35. The minimum absolute atomic E-state index is 0.223. The molecule has 1 fully saturated rings. The number of hydrogen-bond donors (Lipinski definition) is 1. The number of rotatable bonds is 3. The molecule has 0 spiro atoms. The maximum absolute atomic E-state index is 10.3. The molecule has 1 aromatic heterocycles. The van der Waals surface area contributed by atoms with Crippen LogP contribution in [-0.2, 0) is 6.42 Å². The summed E-state index contributed by atoms with van der Waals surface area (Å²) in [5, 5.41) is 13.5. The van der Waals surface area contributed by atoms with Crippen LogP contribution in [-0.4, -0.2) is 16.2 Å². The number of nitrogens with zero attached hydrogens (tertiary/aromatic N) is 1. The minimum Gasteiger partial charge on any atom is -0.392 e. The van der Waals surface area contributed by atoms with E-state index in [0.29, 0.717) is 11.3 Å². The highest BCUT2D eigenvalue weighted by molar-refractivity contribution is 7.09. The van der Waals surface area contributed by atoms with Crippen molar-refractivity contribution in [3.63, 3.8) is 0 Å². The van der Waals surface area contributed by atoms with Gasteiger partial charge in [0.15, 0.2) is 0 Å². The molecule has 0 radical (unpaired) electrons. The Labute approximate surface area is 102 Å². The van der Waals surface area contributed by atoms with Crippen molar-refractivity contribution in [3.8, 4) is 0 Å². The quantitative estimate of drug-likeness (QED) is 0.879. The summed E-state index contributed by atoms with van der Waals surface area (Å²) in [7, 11) is 0. The van der Waals surface area contributed by atoms with Crippen molar-refractivity contribution in [2.24, 2.45) is 11.3 Å². The van der Waals surface area contributed by atoms with Crippen molar-refractivity contribution in [2.45, 2.75) is 52.6 Å². The monoisotopic (exact) mass is 239 g/mol. The fraction of sp³-hybridized carbons (Fsp3) is 0.769. The van der Waals surface area contributed by atoms with E-state index in [1.54, 1.807) is 11.3 Å². The number of aliphatic hydroxyl groups is 1. The molecule has 0 amide bonds. The molecule has 0 aromatic carbocycles.